The average molecular weight is 385 g/mol. The number of hydrogen-bond donors (Lipinski definition) is 1. The summed E-state index contributed by atoms with van der Waals surface area (Å²) in [6.45, 7) is 4.21. The van der Waals surface area contributed by atoms with Crippen LogP contribution in [-0.2, 0) is 4.79 Å². The number of carboxylic acids is 1. The van der Waals surface area contributed by atoms with Crippen LogP contribution in [0.2, 0.25) is 0 Å². The molecule has 0 fully saturated rings. The van der Waals surface area contributed by atoms with Crippen LogP contribution in [-0.4, -0.2) is 42.8 Å². The van der Waals surface area contributed by atoms with Gasteiger partial charge in [-0.2, -0.15) is 0 Å². The van der Waals surface area contributed by atoms with Crippen LogP contribution < -0.4 is 19.1 Å². The minimum atomic E-state index is -1.07. The van der Waals surface area contributed by atoms with Gasteiger partial charge < -0.3 is 24.2 Å². The Hall–Kier alpha value is -3.22. The molecule has 1 aliphatic rings. The van der Waals surface area contributed by atoms with Crippen LogP contribution in [0.4, 0.5) is 5.69 Å². The molecule has 28 heavy (non-hydrogen) atoms. The Balaban J connectivity index is 1.68. The molecule has 1 aliphatic heterocycles. The zero-order valence-electron chi connectivity index (χ0n) is 16.1. The predicted octanol–water partition coefficient (Wildman–Crippen LogP) is 3.37. The highest BCUT2D eigenvalue weighted by atomic mass is 16.5. The van der Waals surface area contributed by atoms with Crippen molar-refractivity contribution in [3.05, 3.63) is 48.0 Å². The largest absolute Gasteiger partial charge is 0.497 e. The number of rotatable bonds is 7. The lowest BCUT2D eigenvalue weighted by atomic mass is 10.0. The number of carbonyl (C=O) groups is 2. The summed E-state index contributed by atoms with van der Waals surface area (Å²) in [6, 6.07) is 11.8. The average Bonchev–Trinajstić information content (AvgIpc) is 2.67. The summed E-state index contributed by atoms with van der Waals surface area (Å²) in [5, 5.41) is 9.19. The SMILES string of the molecule is COc1ccc(OCCCN2C(=O)C(C)(C)Oc3cc(C(=O)O)ccc32)cc1. The maximum Gasteiger partial charge on any atom is 0.335 e. The molecule has 1 heterocycles. The molecule has 0 aliphatic carbocycles. The molecule has 0 saturated carbocycles. The smallest absolute Gasteiger partial charge is 0.335 e. The molecule has 0 radical (unpaired) electrons. The van der Waals surface area contributed by atoms with Crippen LogP contribution >= 0.6 is 0 Å². The van der Waals surface area contributed by atoms with Crippen LogP contribution in [0.15, 0.2) is 42.5 Å². The Bertz CT molecular complexity index is 875. The van der Waals surface area contributed by atoms with E-state index >= 15 is 0 Å². The molecule has 2 aromatic carbocycles. The molecule has 7 nitrogen and oxygen atoms in total. The molecule has 148 valence electrons. The number of aromatic carboxylic acids is 1. The summed E-state index contributed by atoms with van der Waals surface area (Å²) in [5.74, 6) is 0.653. The van der Waals surface area contributed by atoms with E-state index in [4.69, 9.17) is 14.2 Å². The lowest BCUT2D eigenvalue weighted by Gasteiger charge is -2.39. The number of benzene rings is 2. The van der Waals surface area contributed by atoms with Gasteiger partial charge in [0.15, 0.2) is 5.60 Å². The number of carboxylic acid groups (broad SMARTS) is 1. The highest BCUT2D eigenvalue weighted by molar-refractivity contribution is 6.03. The van der Waals surface area contributed by atoms with Gasteiger partial charge in [-0.3, -0.25) is 4.79 Å². The fraction of sp³-hybridized carbons (Fsp3) is 0.333. The monoisotopic (exact) mass is 385 g/mol. The van der Waals surface area contributed by atoms with E-state index in [9.17, 15) is 14.7 Å². The molecule has 2 aromatic rings. The first-order valence-corrected chi connectivity index (χ1v) is 8.97. The van der Waals surface area contributed by atoms with Crippen molar-refractivity contribution < 1.29 is 28.9 Å². The zero-order valence-corrected chi connectivity index (χ0v) is 16.1. The fourth-order valence-electron chi connectivity index (χ4n) is 3.01. The second-order valence-electron chi connectivity index (χ2n) is 6.93. The van der Waals surface area contributed by atoms with Crippen molar-refractivity contribution in [2.24, 2.45) is 0 Å². The normalized spacial score (nSPS) is 14.8. The van der Waals surface area contributed by atoms with Gasteiger partial charge in [-0.15, -0.1) is 0 Å². The van der Waals surface area contributed by atoms with Gasteiger partial charge in [-0.25, -0.2) is 4.79 Å². The summed E-state index contributed by atoms with van der Waals surface area (Å²) in [4.78, 5) is 25.6. The lowest BCUT2D eigenvalue weighted by molar-refractivity contribution is -0.132. The molecule has 7 heteroatoms. The second-order valence-corrected chi connectivity index (χ2v) is 6.93. The van der Waals surface area contributed by atoms with E-state index in [1.807, 2.05) is 24.3 Å². The first kappa shape index (κ1) is 19.5. The number of anilines is 1. The topological polar surface area (TPSA) is 85.3 Å². The molecule has 0 aromatic heterocycles. The Morgan fingerprint density at radius 2 is 1.82 bits per heavy atom. The molecule has 0 unspecified atom stereocenters. The number of hydrogen-bond acceptors (Lipinski definition) is 5. The molecular formula is C21H23NO6. The third-order valence-corrected chi connectivity index (χ3v) is 4.48. The highest BCUT2D eigenvalue weighted by Gasteiger charge is 2.40. The van der Waals surface area contributed by atoms with E-state index in [1.165, 1.54) is 12.1 Å². The molecule has 0 saturated heterocycles. The van der Waals surface area contributed by atoms with Crippen molar-refractivity contribution >= 4 is 17.6 Å². The van der Waals surface area contributed by atoms with Crippen molar-refractivity contribution in [1.82, 2.24) is 0 Å². The van der Waals surface area contributed by atoms with Crippen LogP contribution in [0.1, 0.15) is 30.6 Å². The van der Waals surface area contributed by atoms with Gasteiger partial charge in [0, 0.05) is 6.54 Å². The number of nitrogens with zero attached hydrogens (tertiary/aromatic N) is 1. The van der Waals surface area contributed by atoms with Crippen LogP contribution in [0, 0.1) is 0 Å². The summed E-state index contributed by atoms with van der Waals surface area (Å²) >= 11 is 0. The van der Waals surface area contributed by atoms with Crippen LogP contribution in [0.25, 0.3) is 0 Å². The van der Waals surface area contributed by atoms with Gasteiger partial charge in [0.1, 0.15) is 17.2 Å². The number of fused-ring (bicyclic) bond motifs is 1. The number of methoxy groups -OCH3 is 1. The van der Waals surface area contributed by atoms with E-state index < -0.39 is 11.6 Å². The maximum absolute atomic E-state index is 12.8. The summed E-state index contributed by atoms with van der Waals surface area (Å²) in [7, 11) is 1.61. The van der Waals surface area contributed by atoms with E-state index in [2.05, 4.69) is 0 Å². The standard InChI is InChI=1S/C21H23NO6/c1-21(2)20(25)22(17-10-5-14(19(23)24)13-18(17)28-21)11-4-12-27-16-8-6-15(26-3)7-9-16/h5-10,13H,4,11-12H2,1-3H3,(H,23,24). The second kappa shape index (κ2) is 7.80. The quantitative estimate of drug-likeness (QED) is 0.736. The van der Waals surface area contributed by atoms with E-state index in [0.29, 0.717) is 31.0 Å². The number of carbonyl (C=O) groups excluding carboxylic acids is 1. The zero-order chi connectivity index (χ0) is 20.3. The van der Waals surface area contributed by atoms with Crippen LogP contribution in [0.3, 0.4) is 0 Å². The Morgan fingerprint density at radius 1 is 1.14 bits per heavy atom. The summed E-state index contributed by atoms with van der Waals surface area (Å²) in [5.41, 5.74) is -0.383. The van der Waals surface area contributed by atoms with Gasteiger partial charge in [0.05, 0.1) is 25.0 Å². The maximum atomic E-state index is 12.8. The molecule has 0 atom stereocenters. The van der Waals surface area contributed by atoms with Gasteiger partial charge in [-0.05, 0) is 62.7 Å². The van der Waals surface area contributed by atoms with Crippen molar-refractivity contribution in [2.45, 2.75) is 25.9 Å². The Morgan fingerprint density at radius 3 is 2.46 bits per heavy atom. The van der Waals surface area contributed by atoms with Crippen molar-refractivity contribution in [2.75, 3.05) is 25.2 Å². The lowest BCUT2D eigenvalue weighted by Crippen LogP contribution is -2.53. The first-order chi connectivity index (χ1) is 13.3. The minimum Gasteiger partial charge on any atom is -0.497 e. The molecule has 3 rings (SSSR count). The highest BCUT2D eigenvalue weighted by Crippen LogP contribution is 2.38. The fourth-order valence-corrected chi connectivity index (χ4v) is 3.01. The van der Waals surface area contributed by atoms with Gasteiger partial charge >= 0.3 is 5.97 Å². The first-order valence-electron chi connectivity index (χ1n) is 8.97. The molecule has 1 amide bonds. The third kappa shape index (κ3) is 4.03. The number of ether oxygens (including phenoxy) is 3. The third-order valence-electron chi connectivity index (χ3n) is 4.48. The Kier molecular flexibility index (Phi) is 5.44. The molecule has 0 bridgehead atoms. The van der Waals surface area contributed by atoms with Gasteiger partial charge in [0.25, 0.3) is 5.91 Å². The van der Waals surface area contributed by atoms with Crippen molar-refractivity contribution in [3.63, 3.8) is 0 Å². The Labute approximate surface area is 163 Å². The molecule has 0 spiro atoms. The minimum absolute atomic E-state index is 0.117. The van der Waals surface area contributed by atoms with Crippen molar-refractivity contribution in [1.29, 1.82) is 0 Å². The van der Waals surface area contributed by atoms with Crippen LogP contribution in [0.5, 0.6) is 17.2 Å². The van der Waals surface area contributed by atoms with E-state index in [1.54, 1.807) is 31.9 Å². The summed E-state index contributed by atoms with van der Waals surface area (Å²) in [6.07, 6.45) is 0.605. The number of amides is 1. The van der Waals surface area contributed by atoms with Crippen molar-refractivity contribution in [3.8, 4) is 17.2 Å². The van der Waals surface area contributed by atoms with E-state index in [-0.39, 0.29) is 11.5 Å². The predicted molar refractivity (Wildman–Crippen MR) is 104 cm³/mol. The van der Waals surface area contributed by atoms with Gasteiger partial charge in [0.2, 0.25) is 0 Å². The summed E-state index contributed by atoms with van der Waals surface area (Å²) < 4.78 is 16.6. The molecular weight excluding hydrogens is 362 g/mol. The van der Waals surface area contributed by atoms with Gasteiger partial charge in [-0.1, -0.05) is 0 Å². The molecule has 1 N–H and O–H groups in total. The van der Waals surface area contributed by atoms with E-state index in [0.717, 1.165) is 11.5 Å².